The first-order valence-corrected chi connectivity index (χ1v) is 8.85. The van der Waals surface area contributed by atoms with E-state index in [1.54, 1.807) is 0 Å². The molecule has 2 aliphatic rings. The molecule has 116 valence electrons. The second kappa shape index (κ2) is 5.18. The van der Waals surface area contributed by atoms with Crippen molar-refractivity contribution in [1.29, 1.82) is 0 Å². The molecule has 0 radical (unpaired) electrons. The fourth-order valence-electron chi connectivity index (χ4n) is 2.93. The van der Waals surface area contributed by atoms with E-state index in [0.717, 1.165) is 6.54 Å². The van der Waals surface area contributed by atoms with Crippen LogP contribution in [0.4, 0.5) is 4.79 Å². The summed E-state index contributed by atoms with van der Waals surface area (Å²) in [5.41, 5.74) is -0.679. The van der Waals surface area contributed by atoms with Gasteiger partial charge in [0, 0.05) is 18.5 Å². The van der Waals surface area contributed by atoms with E-state index in [4.69, 9.17) is 4.74 Å². The van der Waals surface area contributed by atoms with E-state index >= 15 is 0 Å². The minimum absolute atomic E-state index is 0.0622. The van der Waals surface area contributed by atoms with E-state index < -0.39 is 21.5 Å². The van der Waals surface area contributed by atoms with Crippen molar-refractivity contribution in [1.82, 2.24) is 10.6 Å². The lowest BCUT2D eigenvalue weighted by atomic mass is 9.77. The lowest BCUT2D eigenvalue weighted by Crippen LogP contribution is -2.51. The normalized spacial score (nSPS) is 28.2. The third-order valence-electron chi connectivity index (χ3n) is 4.08. The van der Waals surface area contributed by atoms with Gasteiger partial charge in [-0.2, -0.15) is 0 Å². The van der Waals surface area contributed by atoms with Gasteiger partial charge < -0.3 is 15.4 Å². The molecule has 2 N–H and O–H groups in total. The van der Waals surface area contributed by atoms with Gasteiger partial charge in [-0.15, -0.1) is 0 Å². The monoisotopic (exact) mass is 304 g/mol. The SMILES string of the molecule is CC(C)(C)OC(=O)NC1CNCC12CCS(=O)(=O)CC2. The van der Waals surface area contributed by atoms with Crippen LogP contribution < -0.4 is 10.6 Å². The highest BCUT2D eigenvalue weighted by Gasteiger charge is 2.47. The Hall–Kier alpha value is -0.820. The summed E-state index contributed by atoms with van der Waals surface area (Å²) >= 11 is 0. The van der Waals surface area contributed by atoms with Crippen LogP contribution >= 0.6 is 0 Å². The van der Waals surface area contributed by atoms with Gasteiger partial charge in [-0.3, -0.25) is 0 Å². The number of ether oxygens (including phenoxy) is 1. The van der Waals surface area contributed by atoms with Crippen LogP contribution in [0.2, 0.25) is 0 Å². The standard InChI is InChI=1S/C13H24N2O4S/c1-12(2,3)19-11(16)15-10-8-14-9-13(10)4-6-20(17,18)7-5-13/h10,14H,4-9H2,1-3H3,(H,15,16). The fraction of sp³-hybridized carbons (Fsp3) is 0.923. The van der Waals surface area contributed by atoms with Gasteiger partial charge in [-0.05, 0) is 33.6 Å². The van der Waals surface area contributed by atoms with Gasteiger partial charge in [0.2, 0.25) is 0 Å². The summed E-state index contributed by atoms with van der Waals surface area (Å²) < 4.78 is 28.4. The maximum atomic E-state index is 11.9. The van der Waals surface area contributed by atoms with Crippen molar-refractivity contribution in [2.45, 2.75) is 45.3 Å². The Morgan fingerprint density at radius 1 is 1.30 bits per heavy atom. The molecule has 2 rings (SSSR count). The summed E-state index contributed by atoms with van der Waals surface area (Å²) in [4.78, 5) is 11.9. The Labute approximate surface area is 120 Å². The first kappa shape index (κ1) is 15.6. The summed E-state index contributed by atoms with van der Waals surface area (Å²) in [6.07, 6.45) is 0.769. The molecule has 20 heavy (non-hydrogen) atoms. The number of carbonyl (C=O) groups excluding carboxylic acids is 1. The lowest BCUT2D eigenvalue weighted by Gasteiger charge is -2.38. The minimum Gasteiger partial charge on any atom is -0.444 e. The van der Waals surface area contributed by atoms with Crippen LogP contribution in [0.25, 0.3) is 0 Å². The number of rotatable bonds is 1. The first-order valence-electron chi connectivity index (χ1n) is 7.03. The van der Waals surface area contributed by atoms with Crippen molar-refractivity contribution in [3.8, 4) is 0 Å². The second-order valence-electron chi connectivity index (χ2n) is 6.84. The molecule has 1 unspecified atom stereocenters. The maximum absolute atomic E-state index is 11.9. The van der Waals surface area contributed by atoms with E-state index in [1.165, 1.54) is 0 Å². The van der Waals surface area contributed by atoms with Gasteiger partial charge in [0.1, 0.15) is 15.4 Å². The third-order valence-corrected chi connectivity index (χ3v) is 5.73. The van der Waals surface area contributed by atoms with E-state index in [-0.39, 0.29) is 23.0 Å². The largest absolute Gasteiger partial charge is 0.444 e. The van der Waals surface area contributed by atoms with Gasteiger partial charge in [0.25, 0.3) is 0 Å². The van der Waals surface area contributed by atoms with Crippen LogP contribution in [-0.4, -0.2) is 50.7 Å². The van der Waals surface area contributed by atoms with E-state index in [1.807, 2.05) is 20.8 Å². The molecule has 1 amide bonds. The van der Waals surface area contributed by atoms with Gasteiger partial charge in [0.05, 0.1) is 17.5 Å². The van der Waals surface area contributed by atoms with Crippen molar-refractivity contribution < 1.29 is 17.9 Å². The smallest absolute Gasteiger partial charge is 0.407 e. The van der Waals surface area contributed by atoms with Crippen molar-refractivity contribution in [2.75, 3.05) is 24.6 Å². The highest BCUT2D eigenvalue weighted by Crippen LogP contribution is 2.38. The molecule has 0 aromatic rings. The predicted molar refractivity (Wildman–Crippen MR) is 76.3 cm³/mol. The molecule has 2 heterocycles. The number of alkyl carbamates (subject to hydrolysis) is 1. The Kier molecular flexibility index (Phi) is 4.03. The number of amides is 1. The summed E-state index contributed by atoms with van der Waals surface area (Å²) in [5.74, 6) is 0.419. The molecule has 1 spiro atoms. The van der Waals surface area contributed by atoms with Crippen molar-refractivity contribution in [3.63, 3.8) is 0 Å². The van der Waals surface area contributed by atoms with Crippen molar-refractivity contribution in [3.05, 3.63) is 0 Å². The van der Waals surface area contributed by atoms with Crippen LogP contribution in [0.1, 0.15) is 33.6 Å². The lowest BCUT2D eigenvalue weighted by molar-refractivity contribution is 0.0464. The van der Waals surface area contributed by atoms with E-state index in [2.05, 4.69) is 10.6 Å². The Morgan fingerprint density at radius 3 is 2.45 bits per heavy atom. The summed E-state index contributed by atoms with van der Waals surface area (Å²) in [6.45, 7) is 6.88. The van der Waals surface area contributed by atoms with Crippen LogP contribution in [0.15, 0.2) is 0 Å². The fourth-order valence-corrected chi connectivity index (χ4v) is 4.57. The summed E-state index contributed by atoms with van der Waals surface area (Å²) in [5, 5.41) is 6.17. The Morgan fingerprint density at radius 2 is 1.90 bits per heavy atom. The first-order chi connectivity index (χ1) is 9.12. The Bertz CT molecular complexity index is 467. The third kappa shape index (κ3) is 3.63. The molecular weight excluding hydrogens is 280 g/mol. The number of hydrogen-bond donors (Lipinski definition) is 2. The number of sulfone groups is 1. The van der Waals surface area contributed by atoms with Crippen LogP contribution in [-0.2, 0) is 14.6 Å². The maximum Gasteiger partial charge on any atom is 0.407 e. The summed E-state index contributed by atoms with van der Waals surface area (Å²) in [6, 6.07) is -0.0622. The quantitative estimate of drug-likeness (QED) is 0.744. The highest BCUT2D eigenvalue weighted by molar-refractivity contribution is 7.91. The molecule has 1 atom stereocenters. The van der Waals surface area contributed by atoms with E-state index in [9.17, 15) is 13.2 Å². The Balaban J connectivity index is 2.00. The molecule has 0 aliphatic carbocycles. The molecule has 0 aromatic heterocycles. The van der Waals surface area contributed by atoms with Gasteiger partial charge in [-0.25, -0.2) is 13.2 Å². The molecule has 0 saturated carbocycles. The van der Waals surface area contributed by atoms with Gasteiger partial charge in [0.15, 0.2) is 0 Å². The number of hydrogen-bond acceptors (Lipinski definition) is 5. The molecule has 2 fully saturated rings. The number of carbonyl (C=O) groups is 1. The van der Waals surface area contributed by atoms with Crippen molar-refractivity contribution >= 4 is 15.9 Å². The highest BCUT2D eigenvalue weighted by atomic mass is 32.2. The zero-order valence-electron chi connectivity index (χ0n) is 12.4. The molecular formula is C13H24N2O4S. The topological polar surface area (TPSA) is 84.5 Å². The van der Waals surface area contributed by atoms with Crippen LogP contribution in [0, 0.1) is 5.41 Å². The van der Waals surface area contributed by atoms with Crippen LogP contribution in [0.3, 0.4) is 0 Å². The van der Waals surface area contributed by atoms with Gasteiger partial charge >= 0.3 is 6.09 Å². The molecule has 6 nitrogen and oxygen atoms in total. The zero-order valence-corrected chi connectivity index (χ0v) is 13.2. The predicted octanol–water partition coefficient (Wildman–Crippen LogP) is 0.678. The average molecular weight is 304 g/mol. The van der Waals surface area contributed by atoms with E-state index in [0.29, 0.717) is 19.4 Å². The summed E-state index contributed by atoms with van der Waals surface area (Å²) in [7, 11) is -2.90. The molecule has 2 aliphatic heterocycles. The molecule has 0 aromatic carbocycles. The van der Waals surface area contributed by atoms with Crippen LogP contribution in [0.5, 0.6) is 0 Å². The number of nitrogens with one attached hydrogen (secondary N) is 2. The zero-order chi connectivity index (χ0) is 15.0. The average Bonchev–Trinajstić information content (AvgIpc) is 2.64. The molecule has 2 saturated heterocycles. The minimum atomic E-state index is -2.90. The molecule has 0 bridgehead atoms. The van der Waals surface area contributed by atoms with Gasteiger partial charge in [-0.1, -0.05) is 0 Å². The molecule has 7 heteroatoms. The van der Waals surface area contributed by atoms with Crippen molar-refractivity contribution in [2.24, 2.45) is 5.41 Å². The second-order valence-corrected chi connectivity index (χ2v) is 9.15.